The molecule has 2 heterocycles. The van der Waals surface area contributed by atoms with E-state index >= 15 is 0 Å². The molecule has 0 radical (unpaired) electrons. The van der Waals surface area contributed by atoms with Gasteiger partial charge in [-0.2, -0.15) is 0 Å². The number of nitrogens with two attached hydrogens (primary N) is 1. The summed E-state index contributed by atoms with van der Waals surface area (Å²) in [5, 5.41) is 3.86. The molecule has 0 aromatic heterocycles. The number of nitrogens with zero attached hydrogens (tertiary/aromatic N) is 1. The van der Waals surface area contributed by atoms with Crippen molar-refractivity contribution >= 4 is 0 Å². The summed E-state index contributed by atoms with van der Waals surface area (Å²) in [5.74, 6) is 0. The van der Waals surface area contributed by atoms with Crippen LogP contribution in [0.15, 0.2) is 0 Å². The lowest BCUT2D eigenvalue weighted by Gasteiger charge is -2.24. The van der Waals surface area contributed by atoms with Gasteiger partial charge in [0.2, 0.25) is 0 Å². The molecule has 0 aromatic rings. The summed E-state index contributed by atoms with van der Waals surface area (Å²) < 4.78 is 0. The Balaban J connectivity index is 1.55. The van der Waals surface area contributed by atoms with Crippen LogP contribution in [0.25, 0.3) is 0 Å². The van der Waals surface area contributed by atoms with Gasteiger partial charge in [0.15, 0.2) is 0 Å². The molecule has 2 aliphatic heterocycles. The van der Waals surface area contributed by atoms with Crippen molar-refractivity contribution in [2.75, 3.05) is 13.1 Å². The van der Waals surface area contributed by atoms with E-state index in [-0.39, 0.29) is 0 Å². The highest BCUT2D eigenvalue weighted by Gasteiger charge is 2.38. The van der Waals surface area contributed by atoms with Crippen LogP contribution in [0.1, 0.15) is 38.5 Å². The summed E-state index contributed by atoms with van der Waals surface area (Å²) >= 11 is 0. The second-order valence-electron chi connectivity index (χ2n) is 5.58. The SMILES string of the molecule is NC1CCC(NC2CCN3CCCC23)C1. The summed E-state index contributed by atoms with van der Waals surface area (Å²) in [6, 6.07) is 2.79. The summed E-state index contributed by atoms with van der Waals surface area (Å²) in [7, 11) is 0. The molecule has 0 aromatic carbocycles. The largest absolute Gasteiger partial charge is 0.328 e. The smallest absolute Gasteiger partial charge is 0.0250 e. The van der Waals surface area contributed by atoms with E-state index in [0.717, 1.165) is 12.1 Å². The van der Waals surface area contributed by atoms with Gasteiger partial charge in [-0.15, -0.1) is 0 Å². The number of fused-ring (bicyclic) bond motifs is 1. The van der Waals surface area contributed by atoms with Gasteiger partial charge in [0, 0.05) is 30.7 Å². The van der Waals surface area contributed by atoms with Crippen LogP contribution in [-0.4, -0.2) is 42.2 Å². The minimum Gasteiger partial charge on any atom is -0.328 e. The van der Waals surface area contributed by atoms with Crippen molar-refractivity contribution < 1.29 is 0 Å². The van der Waals surface area contributed by atoms with Crippen molar-refractivity contribution in [1.82, 2.24) is 10.2 Å². The maximum atomic E-state index is 5.96. The first kappa shape index (κ1) is 10.1. The van der Waals surface area contributed by atoms with E-state index in [9.17, 15) is 0 Å². The van der Waals surface area contributed by atoms with Gasteiger partial charge in [0.1, 0.15) is 0 Å². The van der Waals surface area contributed by atoms with Gasteiger partial charge < -0.3 is 11.1 Å². The first-order chi connectivity index (χ1) is 7.33. The van der Waals surface area contributed by atoms with Gasteiger partial charge in [0.05, 0.1) is 0 Å². The molecule has 1 saturated carbocycles. The molecule has 0 amide bonds. The van der Waals surface area contributed by atoms with E-state index in [4.69, 9.17) is 5.73 Å². The lowest BCUT2D eigenvalue weighted by Crippen LogP contribution is -2.44. The monoisotopic (exact) mass is 209 g/mol. The lowest BCUT2D eigenvalue weighted by atomic mass is 10.0. The second-order valence-corrected chi connectivity index (χ2v) is 5.58. The van der Waals surface area contributed by atoms with Crippen LogP contribution < -0.4 is 11.1 Å². The van der Waals surface area contributed by atoms with Crippen molar-refractivity contribution in [3.8, 4) is 0 Å². The normalized spacial score (nSPS) is 46.2. The van der Waals surface area contributed by atoms with Crippen molar-refractivity contribution in [2.45, 2.75) is 62.7 Å². The fourth-order valence-corrected chi connectivity index (χ4v) is 3.75. The molecule has 15 heavy (non-hydrogen) atoms. The molecule has 0 spiro atoms. The van der Waals surface area contributed by atoms with Crippen LogP contribution in [0.2, 0.25) is 0 Å². The summed E-state index contributed by atoms with van der Waals surface area (Å²) in [4.78, 5) is 2.67. The molecule has 3 heteroatoms. The average Bonchev–Trinajstić information content (AvgIpc) is 2.85. The van der Waals surface area contributed by atoms with Crippen LogP contribution in [0, 0.1) is 0 Å². The van der Waals surface area contributed by atoms with Gasteiger partial charge in [0.25, 0.3) is 0 Å². The highest BCUT2D eigenvalue weighted by Crippen LogP contribution is 2.29. The van der Waals surface area contributed by atoms with Gasteiger partial charge in [-0.3, -0.25) is 4.90 Å². The Morgan fingerprint density at radius 3 is 2.80 bits per heavy atom. The van der Waals surface area contributed by atoms with E-state index in [0.29, 0.717) is 12.1 Å². The molecule has 0 bridgehead atoms. The van der Waals surface area contributed by atoms with Gasteiger partial charge >= 0.3 is 0 Å². The molecule has 3 nitrogen and oxygen atoms in total. The second kappa shape index (κ2) is 4.04. The minimum absolute atomic E-state index is 0.462. The zero-order valence-corrected chi connectivity index (χ0v) is 9.49. The standard InChI is InChI=1S/C12H23N3/c13-9-3-4-10(8-9)14-11-5-7-15-6-1-2-12(11)15/h9-12,14H,1-8,13H2. The van der Waals surface area contributed by atoms with E-state index in [1.807, 2.05) is 0 Å². The van der Waals surface area contributed by atoms with Crippen molar-refractivity contribution in [2.24, 2.45) is 5.73 Å². The minimum atomic E-state index is 0.462. The van der Waals surface area contributed by atoms with Crippen LogP contribution in [-0.2, 0) is 0 Å². The van der Waals surface area contributed by atoms with Crippen LogP contribution >= 0.6 is 0 Å². The van der Waals surface area contributed by atoms with E-state index in [1.165, 1.54) is 51.6 Å². The Bertz CT molecular complexity index is 231. The number of nitrogens with one attached hydrogen (secondary N) is 1. The van der Waals surface area contributed by atoms with Gasteiger partial charge in [-0.05, 0) is 45.1 Å². The molecule has 2 saturated heterocycles. The molecule has 86 valence electrons. The first-order valence-electron chi connectivity index (χ1n) is 6.58. The predicted octanol–water partition coefficient (Wildman–Crippen LogP) is 0.692. The highest BCUT2D eigenvalue weighted by molar-refractivity contribution is 4.98. The number of rotatable bonds is 2. The Morgan fingerprint density at radius 2 is 2.00 bits per heavy atom. The zero-order chi connectivity index (χ0) is 10.3. The molecule has 1 aliphatic carbocycles. The Labute approximate surface area is 92.4 Å². The lowest BCUT2D eigenvalue weighted by molar-refractivity contribution is 0.288. The van der Waals surface area contributed by atoms with E-state index < -0.39 is 0 Å². The van der Waals surface area contributed by atoms with Crippen molar-refractivity contribution in [3.63, 3.8) is 0 Å². The molecular formula is C12H23N3. The highest BCUT2D eigenvalue weighted by atomic mass is 15.2. The zero-order valence-electron chi connectivity index (χ0n) is 9.49. The fourth-order valence-electron chi connectivity index (χ4n) is 3.75. The molecule has 3 N–H and O–H groups in total. The van der Waals surface area contributed by atoms with Crippen LogP contribution in [0.4, 0.5) is 0 Å². The van der Waals surface area contributed by atoms with E-state index in [2.05, 4.69) is 10.2 Å². The van der Waals surface area contributed by atoms with Crippen molar-refractivity contribution in [1.29, 1.82) is 0 Å². The molecular weight excluding hydrogens is 186 g/mol. The number of hydrogen-bond donors (Lipinski definition) is 2. The average molecular weight is 209 g/mol. The fraction of sp³-hybridized carbons (Fsp3) is 1.00. The van der Waals surface area contributed by atoms with Crippen LogP contribution in [0.5, 0.6) is 0 Å². The third-order valence-corrected chi connectivity index (χ3v) is 4.53. The topological polar surface area (TPSA) is 41.3 Å². The van der Waals surface area contributed by atoms with Crippen LogP contribution in [0.3, 0.4) is 0 Å². The summed E-state index contributed by atoms with van der Waals surface area (Å²) in [6.07, 6.45) is 7.90. The van der Waals surface area contributed by atoms with Gasteiger partial charge in [-0.1, -0.05) is 0 Å². The quantitative estimate of drug-likeness (QED) is 0.703. The maximum Gasteiger partial charge on any atom is 0.0250 e. The molecule has 3 rings (SSSR count). The Kier molecular flexibility index (Phi) is 2.71. The Morgan fingerprint density at radius 1 is 1.07 bits per heavy atom. The molecule has 4 unspecified atom stereocenters. The third-order valence-electron chi connectivity index (χ3n) is 4.53. The van der Waals surface area contributed by atoms with Crippen molar-refractivity contribution in [3.05, 3.63) is 0 Å². The molecule has 4 atom stereocenters. The summed E-state index contributed by atoms with van der Waals surface area (Å²) in [6.45, 7) is 2.66. The summed E-state index contributed by atoms with van der Waals surface area (Å²) in [5.41, 5.74) is 5.96. The van der Waals surface area contributed by atoms with E-state index in [1.54, 1.807) is 0 Å². The maximum absolute atomic E-state index is 5.96. The third kappa shape index (κ3) is 1.93. The Hall–Kier alpha value is -0.120. The number of hydrogen-bond acceptors (Lipinski definition) is 3. The molecule has 3 aliphatic rings. The predicted molar refractivity (Wildman–Crippen MR) is 61.8 cm³/mol. The first-order valence-corrected chi connectivity index (χ1v) is 6.58. The molecule has 3 fully saturated rings. The van der Waals surface area contributed by atoms with Gasteiger partial charge in [-0.25, -0.2) is 0 Å².